The average Bonchev–Trinajstić information content (AvgIpc) is 4.01. The highest BCUT2D eigenvalue weighted by atomic mass is 16.3. The number of carbonyl (C=O) groups is 8. The Labute approximate surface area is 420 Å². The van der Waals surface area contributed by atoms with Crippen LogP contribution in [0, 0.1) is 11.8 Å². The Morgan fingerprint density at radius 3 is 2.06 bits per heavy atom. The molecule has 0 saturated carbocycles. The molecule has 7 amide bonds. The number of benzene rings is 1. The fourth-order valence-corrected chi connectivity index (χ4v) is 9.04. The molecular weight excluding hydrogens is 917 g/mol. The van der Waals surface area contributed by atoms with Crippen molar-refractivity contribution in [2.75, 3.05) is 33.2 Å². The summed E-state index contributed by atoms with van der Waals surface area (Å²) >= 11 is 0. The molecule has 2 heterocycles. The van der Waals surface area contributed by atoms with Crippen molar-refractivity contribution >= 4 is 47.6 Å². The van der Waals surface area contributed by atoms with Crippen molar-refractivity contribution < 1.29 is 58.8 Å². The number of phenols is 1. The van der Waals surface area contributed by atoms with Gasteiger partial charge < -0.3 is 67.3 Å². The Morgan fingerprint density at radius 1 is 0.761 bits per heavy atom. The molecule has 10 atom stereocenters. The van der Waals surface area contributed by atoms with Gasteiger partial charge in [-0.15, -0.1) is 0 Å². The SMILES string of the molecule is CCCNC(=O)C1[C@@H](O)CCN1C(=O)C(CCC=O)NC(=O)C(NC(=O)C1CCCN1C(=O)C(NC(=O)CNC(=O)CCCCCCCCC(C)CC(C)CC)[C@@H](C)O)[C@H](O)Cc1ccc(O)cc1.CN. The highest BCUT2D eigenvalue weighted by Gasteiger charge is 2.45. The Balaban J connectivity index is 0.00000852. The van der Waals surface area contributed by atoms with Crippen LogP contribution in [0.5, 0.6) is 5.75 Å². The smallest absolute Gasteiger partial charge is 0.248 e. The summed E-state index contributed by atoms with van der Waals surface area (Å²) in [4.78, 5) is 109. The molecule has 1 aromatic carbocycles. The second-order valence-electron chi connectivity index (χ2n) is 19.1. The van der Waals surface area contributed by atoms with Crippen molar-refractivity contribution in [3.63, 3.8) is 0 Å². The second-order valence-corrected chi connectivity index (χ2v) is 19.1. The lowest BCUT2D eigenvalue weighted by atomic mass is 9.91. The maximum absolute atomic E-state index is 14.2. The maximum atomic E-state index is 14.2. The molecule has 0 aromatic heterocycles. The number of aliphatic hydroxyl groups is 3. The number of hydrogen-bond donors (Lipinski definition) is 10. The van der Waals surface area contributed by atoms with Gasteiger partial charge >= 0.3 is 0 Å². The molecule has 7 unspecified atom stereocenters. The summed E-state index contributed by atoms with van der Waals surface area (Å²) in [5, 5.41) is 55.5. The molecule has 2 aliphatic heterocycles. The first-order chi connectivity index (χ1) is 33.9. The van der Waals surface area contributed by atoms with E-state index in [1.807, 2.05) is 6.92 Å². The van der Waals surface area contributed by atoms with Crippen molar-refractivity contribution in [1.29, 1.82) is 0 Å². The van der Waals surface area contributed by atoms with Gasteiger partial charge in [0, 0.05) is 38.9 Å². The van der Waals surface area contributed by atoms with Crippen LogP contribution in [-0.2, 0) is 44.8 Å². The normalized spacial score (nSPS) is 19.4. The first kappa shape index (κ1) is 61.9. The first-order valence-corrected chi connectivity index (χ1v) is 25.8. The predicted molar refractivity (Wildman–Crippen MR) is 268 cm³/mol. The lowest BCUT2D eigenvalue weighted by Crippen LogP contribution is -2.62. The largest absolute Gasteiger partial charge is 0.508 e. The molecule has 2 aliphatic rings. The highest BCUT2D eigenvalue weighted by Crippen LogP contribution is 2.24. The van der Waals surface area contributed by atoms with Crippen LogP contribution in [0.15, 0.2) is 24.3 Å². The molecule has 11 N–H and O–H groups in total. The number of phenolic OH excluding ortho intramolecular Hbond substituents is 1. The number of aldehydes is 1. The lowest BCUT2D eigenvalue weighted by molar-refractivity contribution is -0.145. The van der Waals surface area contributed by atoms with Gasteiger partial charge in [0.25, 0.3) is 0 Å². The van der Waals surface area contributed by atoms with Crippen LogP contribution < -0.4 is 32.3 Å². The summed E-state index contributed by atoms with van der Waals surface area (Å²) in [6.07, 6.45) is 6.82. The molecule has 3 rings (SSSR count). The summed E-state index contributed by atoms with van der Waals surface area (Å²) in [5.41, 5.74) is 4.97. The topological polar surface area (TPSA) is 310 Å². The van der Waals surface area contributed by atoms with Gasteiger partial charge in [0.05, 0.1) is 24.9 Å². The van der Waals surface area contributed by atoms with Gasteiger partial charge in [-0.3, -0.25) is 33.6 Å². The minimum absolute atomic E-state index is 0.0197. The number of rotatable bonds is 31. The van der Waals surface area contributed by atoms with Crippen LogP contribution in [-0.4, -0.2) is 160 Å². The van der Waals surface area contributed by atoms with E-state index in [0.29, 0.717) is 37.7 Å². The number of carbonyl (C=O) groups excluding carboxylic acids is 8. The quantitative estimate of drug-likeness (QED) is 0.0373. The van der Waals surface area contributed by atoms with Gasteiger partial charge in [0.15, 0.2) is 0 Å². The number of aliphatic hydroxyl groups excluding tert-OH is 3. The van der Waals surface area contributed by atoms with E-state index in [2.05, 4.69) is 53.1 Å². The Bertz CT molecular complexity index is 1820. The number of aromatic hydroxyl groups is 1. The zero-order valence-corrected chi connectivity index (χ0v) is 43.0. The van der Waals surface area contributed by atoms with E-state index < -0.39 is 90.5 Å². The minimum Gasteiger partial charge on any atom is -0.508 e. The number of nitrogens with two attached hydrogens (primary N) is 1. The lowest BCUT2D eigenvalue weighted by Gasteiger charge is -2.33. The van der Waals surface area contributed by atoms with Gasteiger partial charge in [-0.05, 0) is 88.4 Å². The third-order valence-corrected chi connectivity index (χ3v) is 13.2. The fourth-order valence-electron chi connectivity index (χ4n) is 9.04. The second kappa shape index (κ2) is 33.5. The third-order valence-electron chi connectivity index (χ3n) is 13.2. The molecule has 20 heteroatoms. The molecule has 402 valence electrons. The summed E-state index contributed by atoms with van der Waals surface area (Å²) in [5.74, 6) is -3.63. The van der Waals surface area contributed by atoms with Gasteiger partial charge in [0.2, 0.25) is 41.4 Å². The van der Waals surface area contributed by atoms with E-state index in [0.717, 1.165) is 42.4 Å². The minimum atomic E-state index is -1.75. The molecule has 71 heavy (non-hydrogen) atoms. The van der Waals surface area contributed by atoms with Crippen molar-refractivity contribution in [1.82, 2.24) is 36.4 Å². The van der Waals surface area contributed by atoms with Crippen molar-refractivity contribution in [3.8, 4) is 5.75 Å². The fraction of sp³-hybridized carbons (Fsp3) is 0.725. The number of nitrogens with zero attached hydrogens (tertiary/aromatic N) is 2. The molecule has 20 nitrogen and oxygen atoms in total. The van der Waals surface area contributed by atoms with Crippen molar-refractivity contribution in [2.24, 2.45) is 17.6 Å². The van der Waals surface area contributed by atoms with Crippen molar-refractivity contribution in [2.45, 2.75) is 192 Å². The van der Waals surface area contributed by atoms with E-state index in [4.69, 9.17) is 0 Å². The maximum Gasteiger partial charge on any atom is 0.248 e. The number of likely N-dealkylation sites (tertiary alicyclic amines) is 2. The Morgan fingerprint density at radius 2 is 1.42 bits per heavy atom. The summed E-state index contributed by atoms with van der Waals surface area (Å²) in [6, 6.07) is -1.40. The van der Waals surface area contributed by atoms with Gasteiger partial charge in [-0.2, -0.15) is 0 Å². The zero-order valence-electron chi connectivity index (χ0n) is 43.0. The van der Waals surface area contributed by atoms with E-state index in [9.17, 15) is 58.8 Å². The Kier molecular flexibility index (Phi) is 29.2. The zero-order chi connectivity index (χ0) is 53.0. The average molecular weight is 1000 g/mol. The van der Waals surface area contributed by atoms with E-state index in [-0.39, 0.29) is 63.3 Å². The molecule has 2 fully saturated rings. The van der Waals surface area contributed by atoms with Crippen molar-refractivity contribution in [3.05, 3.63) is 29.8 Å². The van der Waals surface area contributed by atoms with E-state index in [1.165, 1.54) is 68.8 Å². The standard InChI is InChI=1S/C50H81N7O12.CH5N/c1-6-25-51-48(67)45-39(61)24-27-57(45)49(68)37(17-15-28-58)53-47(66)44(40(62)30-35-20-22-36(60)23-21-35)55-46(65)38-18-14-26-56(38)50(69)43(34(5)59)54-42(64)31-52-41(63)19-13-11-9-8-10-12-16-33(4)29-32(3)7-2;1-2/h20-23,28,32-34,37-40,43-45,59-62H,6-19,24-27,29-31H2,1-5H3,(H,51,67)(H,52,63)(H,53,66)(H,54,64)(H,55,65);2H2,1H3/t32?,33?,34-,37?,38?,39+,40-,43?,44?,45?;/m1./s1. The predicted octanol–water partition coefficient (Wildman–Crippen LogP) is 1.47. The van der Waals surface area contributed by atoms with Crippen LogP contribution in [0.4, 0.5) is 0 Å². The van der Waals surface area contributed by atoms with E-state index >= 15 is 0 Å². The molecule has 0 radical (unpaired) electrons. The molecule has 1 aromatic rings. The van der Waals surface area contributed by atoms with Crippen LogP contribution in [0.2, 0.25) is 0 Å². The van der Waals surface area contributed by atoms with Crippen LogP contribution in [0.1, 0.15) is 143 Å². The van der Waals surface area contributed by atoms with Crippen LogP contribution in [0.25, 0.3) is 0 Å². The molecule has 2 saturated heterocycles. The number of nitrogens with one attached hydrogen (secondary N) is 5. The Hall–Kier alpha value is -5.18. The summed E-state index contributed by atoms with van der Waals surface area (Å²) < 4.78 is 0. The molecule has 0 aliphatic carbocycles. The summed E-state index contributed by atoms with van der Waals surface area (Å²) in [7, 11) is 1.50. The van der Waals surface area contributed by atoms with Crippen LogP contribution in [0.3, 0.4) is 0 Å². The molecule has 0 spiro atoms. The number of unbranched alkanes of at least 4 members (excludes halogenated alkanes) is 5. The van der Waals surface area contributed by atoms with Gasteiger partial charge in [-0.1, -0.05) is 84.8 Å². The highest BCUT2D eigenvalue weighted by molar-refractivity contribution is 5.97. The number of hydrogen-bond acceptors (Lipinski definition) is 13. The molecule has 0 bridgehead atoms. The third kappa shape index (κ3) is 21.2. The monoisotopic (exact) mass is 1000 g/mol. The molecular formula is C51H86N8O12. The first-order valence-electron chi connectivity index (χ1n) is 25.8. The number of amides is 7. The van der Waals surface area contributed by atoms with Gasteiger partial charge in [-0.25, -0.2) is 0 Å². The van der Waals surface area contributed by atoms with Crippen LogP contribution >= 0.6 is 0 Å². The summed E-state index contributed by atoms with van der Waals surface area (Å²) in [6.45, 7) is 9.87. The van der Waals surface area contributed by atoms with Gasteiger partial charge in [0.1, 0.15) is 42.2 Å². The van der Waals surface area contributed by atoms with E-state index in [1.54, 1.807) is 0 Å².